The van der Waals surface area contributed by atoms with Crippen molar-refractivity contribution >= 4 is 12.1 Å². The van der Waals surface area contributed by atoms with Gasteiger partial charge in [0.2, 0.25) is 0 Å². The largest absolute Gasteiger partial charge is 0.456 e. The fourth-order valence-corrected chi connectivity index (χ4v) is 6.71. The van der Waals surface area contributed by atoms with Gasteiger partial charge in [-0.15, -0.1) is 0 Å². The summed E-state index contributed by atoms with van der Waals surface area (Å²) in [5.74, 6) is -0.513. The minimum Gasteiger partial charge on any atom is -0.456 e. The molecule has 4 unspecified atom stereocenters. The SMILES string of the molecule is CCCCOCC1O[C@@H](OCC2O[C@H](OC)C(OCCCC)[C@@H](OCCCC)[C@@H]2OCCCC)C2[C@@H](OC(=O)N2Cc2ccccc2)[C@@H]1OC(C)=O. The summed E-state index contributed by atoms with van der Waals surface area (Å²) in [5.41, 5.74) is 0.900. The number of carbonyl (C=O) groups excluding carboxylic acids is 2. The Morgan fingerprint density at radius 3 is 1.90 bits per heavy atom. The summed E-state index contributed by atoms with van der Waals surface area (Å²) in [5, 5.41) is 0. The van der Waals surface area contributed by atoms with Crippen molar-refractivity contribution in [2.45, 2.75) is 154 Å². The molecule has 0 radical (unpaired) electrons. The van der Waals surface area contributed by atoms with Gasteiger partial charge in [-0.25, -0.2) is 4.79 Å². The number of esters is 1. The number of nitrogens with zero attached hydrogens (tertiary/aromatic N) is 1. The maximum absolute atomic E-state index is 13.6. The molecule has 0 spiro atoms. The van der Waals surface area contributed by atoms with E-state index in [9.17, 15) is 9.59 Å². The predicted octanol–water partition coefficient (Wildman–Crippen LogP) is 5.79. The minimum atomic E-state index is -0.981. The Kier molecular flexibility index (Phi) is 18.6. The van der Waals surface area contributed by atoms with Crippen molar-refractivity contribution in [1.29, 1.82) is 0 Å². The van der Waals surface area contributed by atoms with Crippen molar-refractivity contribution in [3.05, 3.63) is 35.9 Å². The van der Waals surface area contributed by atoms with E-state index in [1.165, 1.54) is 6.92 Å². The van der Waals surface area contributed by atoms with Gasteiger partial charge < -0.3 is 47.4 Å². The number of fused-ring (bicyclic) bond motifs is 1. The van der Waals surface area contributed by atoms with Crippen LogP contribution in [0.2, 0.25) is 0 Å². The van der Waals surface area contributed by atoms with Gasteiger partial charge in [-0.1, -0.05) is 83.7 Å². The Balaban J connectivity index is 1.63. The molecule has 0 aromatic heterocycles. The first-order valence-electron chi connectivity index (χ1n) is 19.4. The van der Waals surface area contributed by atoms with E-state index in [1.54, 1.807) is 12.0 Å². The molecule has 3 saturated heterocycles. The molecule has 3 heterocycles. The van der Waals surface area contributed by atoms with Crippen molar-refractivity contribution in [3.8, 4) is 0 Å². The number of unbranched alkanes of at least 4 members (excludes halogenated alkanes) is 4. The zero-order valence-electron chi connectivity index (χ0n) is 32.1. The van der Waals surface area contributed by atoms with Crippen molar-refractivity contribution in [3.63, 3.8) is 0 Å². The number of benzene rings is 1. The third-order valence-corrected chi connectivity index (χ3v) is 9.54. The predicted molar refractivity (Wildman–Crippen MR) is 192 cm³/mol. The summed E-state index contributed by atoms with van der Waals surface area (Å²) in [6, 6.07) is 8.87. The number of ether oxygens (including phenoxy) is 10. The first-order chi connectivity index (χ1) is 25.4. The lowest BCUT2D eigenvalue weighted by molar-refractivity contribution is -0.331. The first kappa shape index (κ1) is 42.4. The molecule has 0 bridgehead atoms. The molecule has 10 atom stereocenters. The Labute approximate surface area is 310 Å². The molecule has 52 heavy (non-hydrogen) atoms. The topological polar surface area (TPSA) is 130 Å². The summed E-state index contributed by atoms with van der Waals surface area (Å²) >= 11 is 0. The van der Waals surface area contributed by atoms with Crippen molar-refractivity contribution in [2.24, 2.45) is 0 Å². The maximum Gasteiger partial charge on any atom is 0.411 e. The number of methoxy groups -OCH3 is 1. The lowest BCUT2D eigenvalue weighted by Crippen LogP contribution is -2.64. The van der Waals surface area contributed by atoms with Crippen LogP contribution >= 0.6 is 0 Å². The minimum absolute atomic E-state index is 0.0227. The molecule has 3 aliphatic heterocycles. The number of carbonyl (C=O) groups is 2. The molecule has 13 nitrogen and oxygen atoms in total. The molecule has 13 heteroatoms. The van der Waals surface area contributed by atoms with Crippen LogP contribution in [-0.4, -0.2) is 125 Å². The lowest BCUT2D eigenvalue weighted by atomic mass is 9.95. The highest BCUT2D eigenvalue weighted by molar-refractivity contribution is 5.71. The average molecular weight is 738 g/mol. The molecular weight excluding hydrogens is 674 g/mol. The molecule has 1 aromatic rings. The summed E-state index contributed by atoms with van der Waals surface area (Å²) in [6.07, 6.45) is 0.433. The standard InChI is InChI=1S/C39H63NO12/c1-7-11-20-44-25-29-33(49-27(5)41)34-31(40(39(42)52-34)24-28-18-16-15-17-19-28)37(50-29)48-26-30-32(45-21-12-8-2)35(46-22-13-9-3)36(38(43-6)51-30)47-23-14-10-4/h15-19,29-38H,7-14,20-26H2,1-6H3/t29?,30?,31?,32-,33-,34-,35+,36?,37-,38+/m1/s1. The zero-order chi connectivity index (χ0) is 37.3. The maximum atomic E-state index is 13.6. The van der Waals surface area contributed by atoms with Crippen molar-refractivity contribution < 1.29 is 57.0 Å². The number of rotatable bonds is 24. The van der Waals surface area contributed by atoms with Gasteiger partial charge in [0.05, 0.1) is 13.2 Å². The summed E-state index contributed by atoms with van der Waals surface area (Å²) in [7, 11) is 1.59. The van der Waals surface area contributed by atoms with Crippen LogP contribution in [0.3, 0.4) is 0 Å². The first-order valence-corrected chi connectivity index (χ1v) is 19.4. The van der Waals surface area contributed by atoms with Crippen LogP contribution in [0.5, 0.6) is 0 Å². The Morgan fingerprint density at radius 1 is 0.712 bits per heavy atom. The third kappa shape index (κ3) is 11.8. The van der Waals surface area contributed by atoms with Gasteiger partial charge in [-0.3, -0.25) is 9.69 Å². The summed E-state index contributed by atoms with van der Waals surface area (Å²) in [6.45, 7) is 12.2. The third-order valence-electron chi connectivity index (χ3n) is 9.54. The second-order valence-corrected chi connectivity index (χ2v) is 13.7. The van der Waals surface area contributed by atoms with Gasteiger partial charge in [0.15, 0.2) is 24.8 Å². The molecule has 1 aromatic carbocycles. The molecule has 0 aliphatic carbocycles. The molecule has 0 saturated carbocycles. The number of amides is 1. The van der Waals surface area contributed by atoms with E-state index in [-0.39, 0.29) is 19.8 Å². The van der Waals surface area contributed by atoms with Gasteiger partial charge in [-0.05, 0) is 31.2 Å². The Morgan fingerprint density at radius 2 is 1.29 bits per heavy atom. The highest BCUT2D eigenvalue weighted by Crippen LogP contribution is 2.37. The molecular formula is C39H63NO12. The van der Waals surface area contributed by atoms with Gasteiger partial charge >= 0.3 is 12.1 Å². The number of hydrogen-bond donors (Lipinski definition) is 0. The van der Waals surface area contributed by atoms with Crippen LogP contribution in [0.15, 0.2) is 30.3 Å². The normalized spacial score (nSPS) is 30.3. The van der Waals surface area contributed by atoms with E-state index in [0.29, 0.717) is 26.4 Å². The molecule has 4 rings (SSSR count). The van der Waals surface area contributed by atoms with Crippen LogP contribution < -0.4 is 0 Å². The van der Waals surface area contributed by atoms with Gasteiger partial charge in [0.25, 0.3) is 0 Å². The van der Waals surface area contributed by atoms with E-state index in [4.69, 9.17) is 47.4 Å². The van der Waals surface area contributed by atoms with Gasteiger partial charge in [0, 0.05) is 47.0 Å². The number of hydrogen-bond acceptors (Lipinski definition) is 12. The highest BCUT2D eigenvalue weighted by Gasteiger charge is 2.59. The van der Waals surface area contributed by atoms with E-state index in [1.807, 2.05) is 30.3 Å². The van der Waals surface area contributed by atoms with Crippen LogP contribution in [0.4, 0.5) is 4.79 Å². The molecule has 3 fully saturated rings. The lowest BCUT2D eigenvalue weighted by Gasteiger charge is -2.47. The average Bonchev–Trinajstić information content (AvgIpc) is 3.47. The zero-order valence-corrected chi connectivity index (χ0v) is 32.1. The molecule has 1 amide bonds. The fraction of sp³-hybridized carbons (Fsp3) is 0.795. The quantitative estimate of drug-likeness (QED) is 0.0941. The molecule has 0 N–H and O–H groups in total. The van der Waals surface area contributed by atoms with E-state index in [0.717, 1.165) is 56.9 Å². The molecule has 296 valence electrons. The summed E-state index contributed by atoms with van der Waals surface area (Å²) in [4.78, 5) is 27.5. The monoisotopic (exact) mass is 737 g/mol. The Bertz CT molecular complexity index is 1160. The van der Waals surface area contributed by atoms with E-state index >= 15 is 0 Å². The van der Waals surface area contributed by atoms with Crippen LogP contribution in [0.1, 0.15) is 91.5 Å². The smallest absolute Gasteiger partial charge is 0.411 e. The van der Waals surface area contributed by atoms with Crippen molar-refractivity contribution in [1.82, 2.24) is 4.90 Å². The second-order valence-electron chi connectivity index (χ2n) is 13.7. The van der Waals surface area contributed by atoms with E-state index < -0.39 is 73.4 Å². The van der Waals surface area contributed by atoms with Gasteiger partial charge in [-0.2, -0.15) is 0 Å². The molecule has 3 aliphatic rings. The highest BCUT2D eigenvalue weighted by atomic mass is 16.7. The summed E-state index contributed by atoms with van der Waals surface area (Å²) < 4.78 is 62.8. The van der Waals surface area contributed by atoms with Crippen LogP contribution in [0, 0.1) is 0 Å². The fourth-order valence-electron chi connectivity index (χ4n) is 6.71. The van der Waals surface area contributed by atoms with Crippen LogP contribution in [-0.2, 0) is 58.7 Å². The van der Waals surface area contributed by atoms with Crippen LogP contribution in [0.25, 0.3) is 0 Å². The Hall–Kier alpha value is -2.36. The second kappa shape index (κ2) is 22.8. The van der Waals surface area contributed by atoms with Gasteiger partial charge in [0.1, 0.15) is 36.6 Å². The van der Waals surface area contributed by atoms with E-state index in [2.05, 4.69) is 27.7 Å². The van der Waals surface area contributed by atoms with Crippen molar-refractivity contribution in [2.75, 3.05) is 46.8 Å².